The second-order valence-electron chi connectivity index (χ2n) is 6.65. The number of hydrogen-bond acceptors (Lipinski definition) is 6. The van der Waals surface area contributed by atoms with Crippen LogP contribution in [-0.2, 0) is 11.4 Å². The normalized spacial score (nSPS) is 10.6. The Morgan fingerprint density at radius 2 is 1.59 bits per heavy atom. The lowest BCUT2D eigenvalue weighted by molar-refractivity contribution is -0.123. The summed E-state index contributed by atoms with van der Waals surface area (Å²) >= 11 is 0. The van der Waals surface area contributed by atoms with E-state index in [4.69, 9.17) is 18.9 Å². The number of amides is 1. The lowest BCUT2D eigenvalue weighted by atomic mass is 10.2. The predicted molar refractivity (Wildman–Crippen MR) is 123 cm³/mol. The van der Waals surface area contributed by atoms with Crippen molar-refractivity contribution in [2.24, 2.45) is 5.10 Å². The van der Waals surface area contributed by atoms with Crippen LogP contribution < -0.4 is 24.4 Å². The summed E-state index contributed by atoms with van der Waals surface area (Å²) in [5.41, 5.74) is 4.27. The summed E-state index contributed by atoms with van der Waals surface area (Å²) in [5, 5.41) is 3.99. The van der Waals surface area contributed by atoms with Crippen molar-refractivity contribution in [1.82, 2.24) is 5.43 Å². The SMILES string of the molecule is CCOc1cc(/C=N/NC(=O)COc2ccccc2OC)ccc1OCc1ccccc1. The summed E-state index contributed by atoms with van der Waals surface area (Å²) in [5.74, 6) is 1.91. The highest BCUT2D eigenvalue weighted by Crippen LogP contribution is 2.29. The van der Waals surface area contributed by atoms with Gasteiger partial charge in [-0.25, -0.2) is 5.43 Å². The number of rotatable bonds is 11. The molecule has 3 aromatic carbocycles. The predicted octanol–water partition coefficient (Wildman–Crippen LogP) is 4.20. The monoisotopic (exact) mass is 434 g/mol. The van der Waals surface area contributed by atoms with Crippen LogP contribution in [0.15, 0.2) is 77.9 Å². The zero-order chi connectivity index (χ0) is 22.6. The summed E-state index contributed by atoms with van der Waals surface area (Å²) < 4.78 is 22.3. The molecular formula is C25H26N2O5. The van der Waals surface area contributed by atoms with E-state index in [1.165, 1.54) is 6.21 Å². The molecule has 0 unspecified atom stereocenters. The number of nitrogens with one attached hydrogen (secondary N) is 1. The van der Waals surface area contributed by atoms with E-state index in [9.17, 15) is 4.79 Å². The average molecular weight is 434 g/mol. The van der Waals surface area contributed by atoms with Crippen LogP contribution in [0.1, 0.15) is 18.1 Å². The van der Waals surface area contributed by atoms with E-state index in [1.807, 2.05) is 61.5 Å². The molecule has 0 bridgehead atoms. The van der Waals surface area contributed by atoms with Crippen LogP contribution in [0.2, 0.25) is 0 Å². The van der Waals surface area contributed by atoms with Gasteiger partial charge in [0, 0.05) is 0 Å². The summed E-state index contributed by atoms with van der Waals surface area (Å²) in [6.45, 7) is 2.66. The molecular weight excluding hydrogens is 408 g/mol. The highest BCUT2D eigenvalue weighted by molar-refractivity contribution is 5.83. The van der Waals surface area contributed by atoms with E-state index in [-0.39, 0.29) is 12.5 Å². The summed E-state index contributed by atoms with van der Waals surface area (Å²) in [7, 11) is 1.54. The first-order valence-electron chi connectivity index (χ1n) is 10.2. The molecule has 0 saturated heterocycles. The molecule has 0 fully saturated rings. The third kappa shape index (κ3) is 6.77. The first kappa shape index (κ1) is 22.7. The highest BCUT2D eigenvalue weighted by Gasteiger charge is 2.08. The van der Waals surface area contributed by atoms with E-state index in [2.05, 4.69) is 10.5 Å². The fourth-order valence-corrected chi connectivity index (χ4v) is 2.82. The molecule has 0 aliphatic carbocycles. The average Bonchev–Trinajstić information content (AvgIpc) is 2.83. The molecule has 1 N–H and O–H groups in total. The number of benzene rings is 3. The largest absolute Gasteiger partial charge is 0.493 e. The first-order chi connectivity index (χ1) is 15.7. The van der Waals surface area contributed by atoms with Crippen molar-refractivity contribution in [1.29, 1.82) is 0 Å². The number of ether oxygens (including phenoxy) is 4. The van der Waals surface area contributed by atoms with Crippen LogP contribution in [0, 0.1) is 0 Å². The molecule has 32 heavy (non-hydrogen) atoms. The maximum absolute atomic E-state index is 12.0. The lowest BCUT2D eigenvalue weighted by Crippen LogP contribution is -2.24. The van der Waals surface area contributed by atoms with E-state index in [1.54, 1.807) is 25.3 Å². The Morgan fingerprint density at radius 3 is 2.34 bits per heavy atom. The van der Waals surface area contributed by atoms with Gasteiger partial charge in [0.25, 0.3) is 5.91 Å². The second-order valence-corrected chi connectivity index (χ2v) is 6.65. The van der Waals surface area contributed by atoms with Gasteiger partial charge >= 0.3 is 0 Å². The molecule has 7 heteroatoms. The number of hydrogen-bond donors (Lipinski definition) is 1. The molecule has 0 aromatic heterocycles. The smallest absolute Gasteiger partial charge is 0.277 e. The van der Waals surface area contributed by atoms with Crippen molar-refractivity contribution in [2.45, 2.75) is 13.5 Å². The number of hydrazone groups is 1. The maximum Gasteiger partial charge on any atom is 0.277 e. The molecule has 0 saturated carbocycles. The van der Waals surface area contributed by atoms with Gasteiger partial charge in [-0.2, -0.15) is 5.10 Å². The van der Waals surface area contributed by atoms with Gasteiger partial charge in [-0.15, -0.1) is 0 Å². The molecule has 3 aromatic rings. The minimum Gasteiger partial charge on any atom is -0.493 e. The summed E-state index contributed by atoms with van der Waals surface area (Å²) in [6.07, 6.45) is 1.53. The topological polar surface area (TPSA) is 78.4 Å². The van der Waals surface area contributed by atoms with Crippen LogP contribution in [0.3, 0.4) is 0 Å². The van der Waals surface area contributed by atoms with E-state index in [0.717, 1.165) is 11.1 Å². The quantitative estimate of drug-likeness (QED) is 0.361. The number of methoxy groups -OCH3 is 1. The Labute approximate surface area is 187 Å². The Bertz CT molecular complexity index is 1040. The van der Waals surface area contributed by atoms with Gasteiger partial charge < -0.3 is 18.9 Å². The summed E-state index contributed by atoms with van der Waals surface area (Å²) in [6, 6.07) is 22.5. The van der Waals surface area contributed by atoms with Crippen molar-refractivity contribution < 1.29 is 23.7 Å². The number of carbonyl (C=O) groups is 1. The van der Waals surface area contributed by atoms with Gasteiger partial charge in [-0.1, -0.05) is 42.5 Å². The molecule has 0 radical (unpaired) electrons. The van der Waals surface area contributed by atoms with Crippen LogP contribution in [0.5, 0.6) is 23.0 Å². The van der Waals surface area contributed by atoms with Crippen molar-refractivity contribution in [3.8, 4) is 23.0 Å². The standard InChI is InChI=1S/C25H26N2O5/c1-3-30-24-15-20(13-14-23(24)31-17-19-9-5-4-6-10-19)16-26-27-25(28)18-32-22-12-8-7-11-21(22)29-2/h4-16H,3,17-18H2,1-2H3,(H,27,28)/b26-16+. The first-order valence-corrected chi connectivity index (χ1v) is 10.2. The van der Waals surface area contributed by atoms with Gasteiger partial charge in [0.1, 0.15) is 6.61 Å². The molecule has 166 valence electrons. The molecule has 0 spiro atoms. The van der Waals surface area contributed by atoms with Crippen molar-refractivity contribution in [2.75, 3.05) is 20.3 Å². The third-order valence-electron chi connectivity index (χ3n) is 4.34. The van der Waals surface area contributed by atoms with Crippen molar-refractivity contribution in [3.05, 3.63) is 83.9 Å². The fourth-order valence-electron chi connectivity index (χ4n) is 2.82. The second kappa shape index (κ2) is 12.0. The fraction of sp³-hybridized carbons (Fsp3) is 0.200. The van der Waals surface area contributed by atoms with Crippen LogP contribution in [0.25, 0.3) is 0 Å². The molecule has 0 heterocycles. The van der Waals surface area contributed by atoms with Crippen molar-refractivity contribution in [3.63, 3.8) is 0 Å². The molecule has 0 aliphatic rings. The molecule has 0 aliphatic heterocycles. The zero-order valence-electron chi connectivity index (χ0n) is 18.1. The van der Waals surface area contributed by atoms with Gasteiger partial charge in [0.2, 0.25) is 0 Å². The van der Waals surface area contributed by atoms with Gasteiger partial charge in [-0.3, -0.25) is 4.79 Å². The minimum atomic E-state index is -0.389. The third-order valence-corrected chi connectivity index (χ3v) is 4.34. The Hall–Kier alpha value is -4.00. The van der Waals surface area contributed by atoms with Crippen molar-refractivity contribution >= 4 is 12.1 Å². The van der Waals surface area contributed by atoms with Crippen LogP contribution >= 0.6 is 0 Å². The van der Waals surface area contributed by atoms with Crippen LogP contribution in [0.4, 0.5) is 0 Å². The van der Waals surface area contributed by atoms with Crippen LogP contribution in [-0.4, -0.2) is 32.4 Å². The molecule has 3 rings (SSSR count). The summed E-state index contributed by atoms with van der Waals surface area (Å²) in [4.78, 5) is 12.0. The highest BCUT2D eigenvalue weighted by atomic mass is 16.5. The number of carbonyl (C=O) groups excluding carboxylic acids is 1. The van der Waals surface area contributed by atoms with E-state index < -0.39 is 0 Å². The van der Waals surface area contributed by atoms with Gasteiger partial charge in [-0.05, 0) is 48.4 Å². The maximum atomic E-state index is 12.0. The number of para-hydroxylation sites is 2. The Morgan fingerprint density at radius 1 is 0.875 bits per heavy atom. The Kier molecular flexibility index (Phi) is 8.50. The minimum absolute atomic E-state index is 0.186. The lowest BCUT2D eigenvalue weighted by Gasteiger charge is -2.12. The van der Waals surface area contributed by atoms with E-state index >= 15 is 0 Å². The molecule has 7 nitrogen and oxygen atoms in total. The molecule has 0 atom stereocenters. The zero-order valence-corrected chi connectivity index (χ0v) is 18.1. The van der Waals surface area contributed by atoms with E-state index in [0.29, 0.717) is 36.2 Å². The van der Waals surface area contributed by atoms with Gasteiger partial charge in [0.15, 0.2) is 29.6 Å². The Balaban J connectivity index is 1.55. The van der Waals surface area contributed by atoms with Gasteiger partial charge in [0.05, 0.1) is 19.9 Å². The molecule has 1 amide bonds. The number of nitrogens with zero attached hydrogens (tertiary/aromatic N) is 1.